The van der Waals surface area contributed by atoms with Crippen molar-refractivity contribution < 1.29 is 18.5 Å². The molecule has 1 N–H and O–H groups in total. The number of hydrogen-bond acceptors (Lipinski definition) is 3. The van der Waals surface area contributed by atoms with Gasteiger partial charge in [0.15, 0.2) is 0 Å². The van der Waals surface area contributed by atoms with Crippen LogP contribution in [0.4, 0.5) is 0 Å². The predicted octanol–water partition coefficient (Wildman–Crippen LogP) is 5.17. The first kappa shape index (κ1) is 25.6. The summed E-state index contributed by atoms with van der Waals surface area (Å²) in [5.74, 6) is 0. The maximum Gasteiger partial charge on any atom is 2.00 e. The first-order valence-electron chi connectivity index (χ1n) is 7.57. The Bertz CT molecular complexity index is 358. The minimum Gasteiger partial charge on any atom is -0.302 e. The van der Waals surface area contributed by atoms with Crippen molar-refractivity contribution in [1.82, 2.24) is 0 Å². The van der Waals surface area contributed by atoms with Gasteiger partial charge in [-0.25, -0.2) is 4.57 Å². The van der Waals surface area contributed by atoms with Gasteiger partial charge in [-0.1, -0.05) is 41.5 Å². The molecule has 0 rings (SSSR count). The van der Waals surface area contributed by atoms with Crippen molar-refractivity contribution >= 4 is 45.6 Å². The molecule has 128 valence electrons. The molecule has 0 heterocycles. The van der Waals surface area contributed by atoms with Crippen LogP contribution >= 0.6 is 7.82 Å². The SMILES string of the molecule is CC(C)(C)CC(C)(C)OP(=O)(O)OC(C)(C)CC(C)(C)C.[Ca+2]. The molecule has 0 fully saturated rings. The van der Waals surface area contributed by atoms with Crippen molar-refractivity contribution in [3.63, 3.8) is 0 Å². The Morgan fingerprint density at radius 3 is 1.14 bits per heavy atom. The molecule has 0 bridgehead atoms. The fraction of sp³-hybridized carbons (Fsp3) is 1.00. The summed E-state index contributed by atoms with van der Waals surface area (Å²) in [6, 6.07) is 0. The largest absolute Gasteiger partial charge is 2.00 e. The third kappa shape index (κ3) is 13.8. The monoisotopic (exact) mass is 362 g/mol. The van der Waals surface area contributed by atoms with E-state index in [1.165, 1.54) is 0 Å². The molecule has 0 spiro atoms. The molecule has 0 radical (unpaired) electrons. The van der Waals surface area contributed by atoms with Gasteiger partial charge >= 0.3 is 45.6 Å². The van der Waals surface area contributed by atoms with E-state index in [1.807, 2.05) is 27.7 Å². The van der Waals surface area contributed by atoms with E-state index in [2.05, 4.69) is 41.5 Å². The summed E-state index contributed by atoms with van der Waals surface area (Å²) >= 11 is 0. The summed E-state index contributed by atoms with van der Waals surface area (Å²) in [7, 11) is -4.11. The molecule has 0 aliphatic rings. The molecule has 0 unspecified atom stereocenters. The van der Waals surface area contributed by atoms with E-state index in [0.717, 1.165) is 0 Å². The minimum absolute atomic E-state index is 0. The van der Waals surface area contributed by atoms with Gasteiger partial charge in [-0.05, 0) is 51.4 Å². The van der Waals surface area contributed by atoms with Crippen LogP contribution in [0.5, 0.6) is 0 Å². The van der Waals surface area contributed by atoms with Crippen LogP contribution in [-0.4, -0.2) is 53.8 Å². The molecular formula is C16H35CaO4P+2. The second-order valence-electron chi connectivity index (χ2n) is 9.65. The van der Waals surface area contributed by atoms with Gasteiger partial charge in [0.1, 0.15) is 0 Å². The van der Waals surface area contributed by atoms with Gasteiger partial charge in [-0.15, -0.1) is 0 Å². The van der Waals surface area contributed by atoms with Crippen LogP contribution in [0.25, 0.3) is 0 Å². The number of rotatable bonds is 6. The summed E-state index contributed by atoms with van der Waals surface area (Å²) < 4.78 is 23.2. The Balaban J connectivity index is 0. The quantitative estimate of drug-likeness (QED) is 0.523. The van der Waals surface area contributed by atoms with E-state index < -0.39 is 19.0 Å². The van der Waals surface area contributed by atoms with Crippen LogP contribution < -0.4 is 0 Å². The molecular weight excluding hydrogens is 327 g/mol. The zero-order valence-corrected chi connectivity index (χ0v) is 19.3. The Labute approximate surface area is 167 Å². The van der Waals surface area contributed by atoms with Crippen molar-refractivity contribution in [3.05, 3.63) is 0 Å². The third-order valence-electron chi connectivity index (χ3n) is 2.64. The Hall–Kier alpha value is 1.37. The molecule has 0 aliphatic heterocycles. The van der Waals surface area contributed by atoms with Crippen LogP contribution in [0.15, 0.2) is 0 Å². The van der Waals surface area contributed by atoms with Gasteiger partial charge < -0.3 is 4.89 Å². The van der Waals surface area contributed by atoms with Crippen molar-refractivity contribution in [1.29, 1.82) is 0 Å². The van der Waals surface area contributed by atoms with E-state index in [9.17, 15) is 9.46 Å². The summed E-state index contributed by atoms with van der Waals surface area (Å²) in [6.07, 6.45) is 1.32. The van der Waals surface area contributed by atoms with Crippen molar-refractivity contribution in [2.24, 2.45) is 10.8 Å². The third-order valence-corrected chi connectivity index (χ3v) is 4.09. The second kappa shape index (κ2) is 8.17. The molecule has 0 amide bonds. The Morgan fingerprint density at radius 2 is 0.955 bits per heavy atom. The number of phosphoric acid groups is 1. The van der Waals surface area contributed by atoms with Gasteiger partial charge in [-0.3, -0.25) is 9.05 Å². The molecule has 0 aliphatic carbocycles. The topological polar surface area (TPSA) is 55.8 Å². The number of phosphoric ester groups is 1. The fourth-order valence-electron chi connectivity index (χ4n) is 3.26. The van der Waals surface area contributed by atoms with E-state index >= 15 is 0 Å². The van der Waals surface area contributed by atoms with Crippen LogP contribution in [0.3, 0.4) is 0 Å². The standard InChI is InChI=1S/C16H35O4P.Ca/c1-13(2,3)11-15(7,8)19-21(17,18)20-16(9,10)12-14(4,5)6;/h11-12H2,1-10H3,(H,17,18);/q;+2. The Morgan fingerprint density at radius 1 is 0.727 bits per heavy atom. The van der Waals surface area contributed by atoms with E-state index in [4.69, 9.17) is 9.05 Å². The van der Waals surface area contributed by atoms with Gasteiger partial charge in [0, 0.05) is 0 Å². The molecule has 0 aromatic rings. The zero-order chi connectivity index (χ0) is 17.3. The molecule has 0 saturated heterocycles. The fourth-order valence-corrected chi connectivity index (χ4v) is 4.68. The molecule has 22 heavy (non-hydrogen) atoms. The van der Waals surface area contributed by atoms with E-state index in [1.54, 1.807) is 0 Å². The average molecular weight is 363 g/mol. The molecule has 0 aromatic heterocycles. The molecule has 4 nitrogen and oxygen atoms in total. The summed E-state index contributed by atoms with van der Waals surface area (Å²) in [5.41, 5.74) is -1.43. The zero-order valence-electron chi connectivity index (χ0n) is 16.2. The first-order valence-corrected chi connectivity index (χ1v) is 9.07. The molecule has 0 atom stereocenters. The maximum atomic E-state index is 12.3. The summed E-state index contributed by atoms with van der Waals surface area (Å²) in [6.45, 7) is 19.7. The van der Waals surface area contributed by atoms with Crippen LogP contribution in [0.1, 0.15) is 82.1 Å². The normalized spacial score (nSPS) is 14.7. The average Bonchev–Trinajstić information content (AvgIpc) is 1.83. The van der Waals surface area contributed by atoms with Gasteiger partial charge in [0.25, 0.3) is 0 Å². The minimum atomic E-state index is -4.11. The van der Waals surface area contributed by atoms with Gasteiger partial charge in [-0.2, -0.15) is 0 Å². The molecule has 6 heteroatoms. The van der Waals surface area contributed by atoms with E-state index in [0.29, 0.717) is 12.8 Å². The smallest absolute Gasteiger partial charge is 0.302 e. The van der Waals surface area contributed by atoms with Crippen LogP contribution in [-0.2, 0) is 13.6 Å². The second-order valence-corrected chi connectivity index (χ2v) is 10.9. The summed E-state index contributed by atoms with van der Waals surface area (Å²) in [5, 5.41) is 0. The molecule has 0 saturated carbocycles. The number of hydrogen-bond donors (Lipinski definition) is 1. The maximum absolute atomic E-state index is 12.3. The van der Waals surface area contributed by atoms with E-state index in [-0.39, 0.29) is 48.6 Å². The van der Waals surface area contributed by atoms with Gasteiger partial charge in [0.2, 0.25) is 0 Å². The first-order chi connectivity index (χ1) is 8.83. The molecule has 0 aromatic carbocycles. The van der Waals surface area contributed by atoms with Crippen LogP contribution in [0.2, 0.25) is 0 Å². The van der Waals surface area contributed by atoms with Gasteiger partial charge in [0.05, 0.1) is 11.2 Å². The van der Waals surface area contributed by atoms with Crippen molar-refractivity contribution in [2.45, 2.75) is 93.3 Å². The van der Waals surface area contributed by atoms with Crippen LogP contribution in [0, 0.1) is 10.8 Å². The van der Waals surface area contributed by atoms with Crippen molar-refractivity contribution in [2.75, 3.05) is 0 Å². The summed E-state index contributed by atoms with van der Waals surface area (Å²) in [4.78, 5) is 10.1. The van der Waals surface area contributed by atoms with Crippen molar-refractivity contribution in [3.8, 4) is 0 Å². The Kier molecular flexibility index (Phi) is 9.50. The predicted molar refractivity (Wildman–Crippen MR) is 94.1 cm³/mol.